The van der Waals surface area contributed by atoms with E-state index in [1.54, 1.807) is 0 Å². The number of benzene rings is 3. The minimum Gasteiger partial charge on any atom is -0.493 e. The molecular formula is C35H44Cl2N4O4S. The summed E-state index contributed by atoms with van der Waals surface area (Å²) in [7, 11) is -3.08. The standard InChI is InChI=1S/C35H44Cl2N4O4S/c1-6-45-30-23-26(34(2,3)4)11-16-29(30)35(33(42)41-19-17-40(18-20-41)21-22-46(5,43)44)38-31(24-7-12-27(36)13-8-24)32(39-35)25-9-14-28(37)15-10-25/h7-16,23,31-32,38-39H,6,17-22H2,1-5H3/t31-,32+,35?. The largest absolute Gasteiger partial charge is 0.493 e. The normalized spacial score (nSPS) is 22.6. The van der Waals surface area contributed by atoms with Gasteiger partial charge >= 0.3 is 0 Å². The zero-order chi connectivity index (χ0) is 33.3. The van der Waals surface area contributed by atoms with Crippen molar-refractivity contribution in [3.05, 3.63) is 99.0 Å². The Hall–Kier alpha value is -2.66. The summed E-state index contributed by atoms with van der Waals surface area (Å²) < 4.78 is 29.9. The maximum Gasteiger partial charge on any atom is 0.262 e. The van der Waals surface area contributed by atoms with Gasteiger partial charge in [0, 0.05) is 54.6 Å². The molecule has 5 rings (SSSR count). The zero-order valence-corrected chi connectivity index (χ0v) is 29.5. The molecule has 2 fully saturated rings. The van der Waals surface area contributed by atoms with Crippen molar-refractivity contribution in [3.8, 4) is 5.75 Å². The number of halogens is 2. The van der Waals surface area contributed by atoms with Crippen LogP contribution in [0.5, 0.6) is 5.75 Å². The summed E-state index contributed by atoms with van der Waals surface area (Å²) in [5, 5.41) is 8.82. The number of hydrogen-bond donors (Lipinski definition) is 2. The maximum absolute atomic E-state index is 15.0. The highest BCUT2D eigenvalue weighted by Crippen LogP contribution is 2.45. The number of piperazine rings is 1. The highest BCUT2D eigenvalue weighted by molar-refractivity contribution is 7.90. The first-order valence-corrected chi connectivity index (χ1v) is 18.6. The van der Waals surface area contributed by atoms with E-state index in [0.717, 1.165) is 16.7 Å². The quantitative estimate of drug-likeness (QED) is 0.298. The van der Waals surface area contributed by atoms with Gasteiger partial charge in [-0.1, -0.05) is 80.4 Å². The van der Waals surface area contributed by atoms with Crippen molar-refractivity contribution in [2.24, 2.45) is 0 Å². The summed E-state index contributed by atoms with van der Waals surface area (Å²) >= 11 is 12.6. The molecule has 2 N–H and O–H groups in total. The van der Waals surface area contributed by atoms with Gasteiger partial charge in [-0.25, -0.2) is 8.42 Å². The zero-order valence-electron chi connectivity index (χ0n) is 27.1. The molecule has 1 unspecified atom stereocenters. The van der Waals surface area contributed by atoms with Crippen molar-refractivity contribution < 1.29 is 17.9 Å². The van der Waals surface area contributed by atoms with Crippen LogP contribution in [0.25, 0.3) is 0 Å². The smallest absolute Gasteiger partial charge is 0.262 e. The molecule has 0 spiro atoms. The van der Waals surface area contributed by atoms with Crippen LogP contribution in [-0.4, -0.2) is 75.5 Å². The second-order valence-corrected chi connectivity index (χ2v) is 16.4. The summed E-state index contributed by atoms with van der Waals surface area (Å²) in [6, 6.07) is 20.9. The molecule has 0 radical (unpaired) electrons. The lowest BCUT2D eigenvalue weighted by Gasteiger charge is -2.41. The van der Waals surface area contributed by atoms with Crippen LogP contribution < -0.4 is 15.4 Å². The number of nitrogens with one attached hydrogen (secondary N) is 2. The molecule has 0 bridgehead atoms. The fourth-order valence-electron chi connectivity index (χ4n) is 6.24. The molecule has 8 nitrogen and oxygen atoms in total. The van der Waals surface area contributed by atoms with Gasteiger partial charge in [0.15, 0.2) is 5.66 Å². The van der Waals surface area contributed by atoms with E-state index in [-0.39, 0.29) is 29.2 Å². The SMILES string of the molecule is CCOc1cc(C(C)(C)C)ccc1C1(C(=O)N2CCN(CCS(C)(=O)=O)CC2)N[C@H](c2ccc(Cl)cc2)[C@H](c2ccc(Cl)cc2)N1. The third-order valence-electron chi connectivity index (χ3n) is 8.85. The van der Waals surface area contributed by atoms with Gasteiger partial charge in [0.1, 0.15) is 15.6 Å². The van der Waals surface area contributed by atoms with Crippen LogP contribution in [0.15, 0.2) is 66.7 Å². The van der Waals surface area contributed by atoms with Crippen LogP contribution in [0.4, 0.5) is 0 Å². The van der Waals surface area contributed by atoms with E-state index in [4.69, 9.17) is 27.9 Å². The van der Waals surface area contributed by atoms with Crippen molar-refractivity contribution in [1.29, 1.82) is 0 Å². The Balaban J connectivity index is 1.60. The van der Waals surface area contributed by atoms with Crippen LogP contribution in [0.1, 0.15) is 62.0 Å². The van der Waals surface area contributed by atoms with E-state index >= 15 is 4.79 Å². The van der Waals surface area contributed by atoms with E-state index in [1.807, 2.05) is 72.5 Å². The van der Waals surface area contributed by atoms with E-state index in [9.17, 15) is 8.42 Å². The Morgan fingerprint density at radius 3 is 1.87 bits per heavy atom. The van der Waals surface area contributed by atoms with Gasteiger partial charge in [-0.2, -0.15) is 0 Å². The van der Waals surface area contributed by atoms with Crippen molar-refractivity contribution in [3.63, 3.8) is 0 Å². The number of carbonyl (C=O) groups is 1. The molecule has 0 aliphatic carbocycles. The summed E-state index contributed by atoms with van der Waals surface area (Å²) in [6.45, 7) is 11.4. The fourth-order valence-corrected chi connectivity index (χ4v) is 7.08. The molecule has 248 valence electrons. The van der Waals surface area contributed by atoms with Gasteiger partial charge in [-0.3, -0.25) is 20.3 Å². The predicted octanol–water partition coefficient (Wildman–Crippen LogP) is 5.71. The molecule has 2 saturated heterocycles. The van der Waals surface area contributed by atoms with Crippen molar-refractivity contribution in [2.75, 3.05) is 51.3 Å². The van der Waals surface area contributed by atoms with Crippen LogP contribution >= 0.6 is 23.2 Å². The molecular weight excluding hydrogens is 643 g/mol. The van der Waals surface area contributed by atoms with Gasteiger partial charge < -0.3 is 9.64 Å². The second kappa shape index (κ2) is 13.8. The van der Waals surface area contributed by atoms with Gasteiger partial charge in [0.25, 0.3) is 5.91 Å². The lowest BCUT2D eigenvalue weighted by Crippen LogP contribution is -2.62. The first-order valence-electron chi connectivity index (χ1n) is 15.7. The minimum absolute atomic E-state index is 0.0946. The number of rotatable bonds is 9. The molecule has 11 heteroatoms. The molecule has 0 saturated carbocycles. The van der Waals surface area contributed by atoms with Crippen LogP contribution in [0, 0.1) is 0 Å². The molecule has 3 aromatic rings. The lowest BCUT2D eigenvalue weighted by molar-refractivity contribution is -0.141. The number of sulfone groups is 1. The van der Waals surface area contributed by atoms with Crippen LogP contribution in [-0.2, 0) is 25.7 Å². The van der Waals surface area contributed by atoms with Gasteiger partial charge in [-0.05, 0) is 59.4 Å². The number of nitrogens with zero attached hydrogens (tertiary/aromatic N) is 2. The highest BCUT2D eigenvalue weighted by Gasteiger charge is 2.54. The molecule has 46 heavy (non-hydrogen) atoms. The van der Waals surface area contributed by atoms with E-state index in [0.29, 0.717) is 60.7 Å². The maximum atomic E-state index is 15.0. The molecule has 1 amide bonds. The Labute approximate surface area is 283 Å². The Kier molecular flexibility index (Phi) is 10.4. The minimum atomic E-state index is -3.08. The number of amides is 1. The molecule has 2 heterocycles. The third kappa shape index (κ3) is 7.72. The van der Waals surface area contributed by atoms with Gasteiger partial charge in [-0.15, -0.1) is 0 Å². The van der Waals surface area contributed by atoms with Crippen LogP contribution in [0.2, 0.25) is 10.0 Å². The molecule has 0 aromatic heterocycles. The highest BCUT2D eigenvalue weighted by atomic mass is 35.5. The summed E-state index contributed by atoms with van der Waals surface area (Å²) in [4.78, 5) is 19.0. The molecule has 2 aliphatic rings. The van der Waals surface area contributed by atoms with Crippen molar-refractivity contribution in [2.45, 2.75) is 50.9 Å². The Morgan fingerprint density at radius 1 is 0.891 bits per heavy atom. The summed E-state index contributed by atoms with van der Waals surface area (Å²) in [5.41, 5.74) is 2.29. The fraction of sp³-hybridized carbons (Fsp3) is 0.457. The molecule has 3 atom stereocenters. The number of hydrogen-bond acceptors (Lipinski definition) is 7. The third-order valence-corrected chi connectivity index (χ3v) is 10.3. The number of ether oxygens (including phenoxy) is 1. The Bertz CT molecular complexity index is 1580. The van der Waals surface area contributed by atoms with Crippen LogP contribution in [0.3, 0.4) is 0 Å². The average molecular weight is 688 g/mol. The van der Waals surface area contributed by atoms with E-state index in [1.165, 1.54) is 6.26 Å². The summed E-state index contributed by atoms with van der Waals surface area (Å²) in [5.74, 6) is 0.619. The van der Waals surface area contributed by atoms with E-state index in [2.05, 4.69) is 42.4 Å². The molecule has 2 aliphatic heterocycles. The molecule has 3 aromatic carbocycles. The van der Waals surface area contributed by atoms with Crippen molar-refractivity contribution in [1.82, 2.24) is 20.4 Å². The topological polar surface area (TPSA) is 91.0 Å². The first kappa shape index (κ1) is 34.7. The predicted molar refractivity (Wildman–Crippen MR) is 185 cm³/mol. The Morgan fingerprint density at radius 2 is 1.41 bits per heavy atom. The lowest BCUT2D eigenvalue weighted by atomic mass is 9.84. The number of carbonyl (C=O) groups excluding carboxylic acids is 1. The van der Waals surface area contributed by atoms with Gasteiger partial charge in [0.2, 0.25) is 0 Å². The monoisotopic (exact) mass is 686 g/mol. The first-order chi connectivity index (χ1) is 21.7. The van der Waals surface area contributed by atoms with E-state index < -0.39 is 15.5 Å². The summed E-state index contributed by atoms with van der Waals surface area (Å²) in [6.07, 6.45) is 1.25. The second-order valence-electron chi connectivity index (χ2n) is 13.3. The van der Waals surface area contributed by atoms with Gasteiger partial charge in [0.05, 0.1) is 24.4 Å². The van der Waals surface area contributed by atoms with Crippen molar-refractivity contribution >= 4 is 38.9 Å². The average Bonchev–Trinajstić information content (AvgIpc) is 3.42.